The van der Waals surface area contributed by atoms with Crippen molar-refractivity contribution in [2.75, 3.05) is 0 Å². The number of primary amides is 1. The average molecular weight is 386 g/mol. The molecule has 0 fully saturated rings. The molecular formula is C19H18N2O3S2. The van der Waals surface area contributed by atoms with Gasteiger partial charge in [0.15, 0.2) is 0 Å². The van der Waals surface area contributed by atoms with E-state index in [2.05, 4.69) is 4.72 Å². The summed E-state index contributed by atoms with van der Waals surface area (Å²) in [6, 6.07) is 16.6. The normalized spacial score (nSPS) is 12.7. The predicted octanol–water partition coefficient (Wildman–Crippen LogP) is 3.22. The van der Waals surface area contributed by atoms with Crippen LogP contribution in [-0.4, -0.2) is 14.3 Å². The molecule has 0 aliphatic carbocycles. The number of hydrogen-bond acceptors (Lipinski definition) is 4. The molecule has 26 heavy (non-hydrogen) atoms. The van der Waals surface area contributed by atoms with E-state index in [9.17, 15) is 13.2 Å². The molecule has 3 rings (SSSR count). The van der Waals surface area contributed by atoms with Gasteiger partial charge in [-0.15, -0.1) is 11.3 Å². The van der Waals surface area contributed by atoms with Crippen LogP contribution in [0.4, 0.5) is 0 Å². The predicted molar refractivity (Wildman–Crippen MR) is 103 cm³/mol. The van der Waals surface area contributed by atoms with Crippen molar-refractivity contribution in [2.45, 2.75) is 17.9 Å². The van der Waals surface area contributed by atoms with Gasteiger partial charge in [-0.05, 0) is 48.2 Å². The van der Waals surface area contributed by atoms with Crippen LogP contribution in [0.15, 0.2) is 70.9 Å². The quantitative estimate of drug-likeness (QED) is 0.682. The highest BCUT2D eigenvalue weighted by atomic mass is 32.2. The molecule has 3 aromatic rings. The van der Waals surface area contributed by atoms with Crippen LogP contribution in [0.3, 0.4) is 0 Å². The standard InChI is InChI=1S/C19H18N2O3S2/c1-13-4-6-14(7-5-13)18(17-3-2-12-25-17)21-26(23,24)16-10-8-15(9-11-16)19(20)22/h2-12,18,21H,1H3,(H2,20,22)/t18-/m1/s1. The zero-order chi connectivity index (χ0) is 18.7. The summed E-state index contributed by atoms with van der Waals surface area (Å²) >= 11 is 1.48. The molecule has 0 aliphatic rings. The SMILES string of the molecule is Cc1ccc([C@@H](NS(=O)(=O)c2ccc(C(N)=O)cc2)c2cccs2)cc1. The summed E-state index contributed by atoms with van der Waals surface area (Å²) in [6.45, 7) is 1.98. The number of carbonyl (C=O) groups is 1. The van der Waals surface area contributed by atoms with Crippen LogP contribution < -0.4 is 10.5 Å². The maximum atomic E-state index is 12.8. The van der Waals surface area contributed by atoms with Crippen molar-refractivity contribution >= 4 is 27.3 Å². The largest absolute Gasteiger partial charge is 0.366 e. The number of rotatable bonds is 6. The Balaban J connectivity index is 1.95. The Kier molecular flexibility index (Phi) is 5.22. The fourth-order valence-electron chi connectivity index (χ4n) is 2.53. The van der Waals surface area contributed by atoms with Crippen LogP contribution in [-0.2, 0) is 10.0 Å². The van der Waals surface area contributed by atoms with Crippen LogP contribution in [0.5, 0.6) is 0 Å². The summed E-state index contributed by atoms with van der Waals surface area (Å²) in [5.41, 5.74) is 7.42. The zero-order valence-corrected chi connectivity index (χ0v) is 15.7. The highest BCUT2D eigenvalue weighted by Gasteiger charge is 2.23. The van der Waals surface area contributed by atoms with Crippen molar-refractivity contribution in [3.63, 3.8) is 0 Å². The topological polar surface area (TPSA) is 89.3 Å². The Morgan fingerprint density at radius 3 is 2.23 bits per heavy atom. The van der Waals surface area contributed by atoms with Crippen molar-refractivity contribution < 1.29 is 13.2 Å². The van der Waals surface area contributed by atoms with Gasteiger partial charge in [-0.25, -0.2) is 8.42 Å². The lowest BCUT2D eigenvalue weighted by Crippen LogP contribution is -2.29. The summed E-state index contributed by atoms with van der Waals surface area (Å²) in [5.74, 6) is -0.599. The van der Waals surface area contributed by atoms with E-state index in [-0.39, 0.29) is 10.5 Å². The lowest BCUT2D eigenvalue weighted by Gasteiger charge is -2.18. The Hall–Kier alpha value is -2.48. The van der Waals surface area contributed by atoms with E-state index in [4.69, 9.17) is 5.73 Å². The second-order valence-electron chi connectivity index (χ2n) is 5.87. The maximum Gasteiger partial charge on any atom is 0.248 e. The molecule has 0 unspecified atom stereocenters. The highest BCUT2D eigenvalue weighted by Crippen LogP contribution is 2.28. The Labute approximate surface area is 156 Å². The van der Waals surface area contributed by atoms with Gasteiger partial charge in [-0.3, -0.25) is 4.79 Å². The van der Waals surface area contributed by atoms with Crippen molar-refractivity contribution in [2.24, 2.45) is 5.73 Å². The first kappa shape index (κ1) is 18.3. The van der Waals surface area contributed by atoms with Crippen LogP contribution >= 0.6 is 11.3 Å². The van der Waals surface area contributed by atoms with Gasteiger partial charge < -0.3 is 5.73 Å². The third-order valence-corrected chi connectivity index (χ3v) is 6.34. The molecule has 0 bridgehead atoms. The Morgan fingerprint density at radius 2 is 1.69 bits per heavy atom. The van der Waals surface area contributed by atoms with Gasteiger partial charge in [0, 0.05) is 10.4 Å². The number of benzene rings is 2. The molecule has 1 atom stereocenters. The number of carbonyl (C=O) groups excluding carboxylic acids is 1. The summed E-state index contributed by atoms with van der Waals surface area (Å²) in [6.07, 6.45) is 0. The molecule has 0 saturated carbocycles. The van der Waals surface area contributed by atoms with E-state index < -0.39 is 22.0 Å². The van der Waals surface area contributed by atoms with Crippen LogP contribution in [0.1, 0.15) is 32.4 Å². The first-order valence-electron chi connectivity index (χ1n) is 7.89. The Bertz CT molecular complexity index is 994. The first-order chi connectivity index (χ1) is 12.4. The van der Waals surface area contributed by atoms with E-state index >= 15 is 0 Å². The van der Waals surface area contributed by atoms with Gasteiger partial charge in [-0.2, -0.15) is 4.72 Å². The second kappa shape index (κ2) is 7.41. The van der Waals surface area contributed by atoms with Gasteiger partial charge in [0.2, 0.25) is 15.9 Å². The van der Waals surface area contributed by atoms with Crippen LogP contribution in [0.25, 0.3) is 0 Å². The molecule has 2 aromatic carbocycles. The summed E-state index contributed by atoms with van der Waals surface area (Å²) in [4.78, 5) is 12.1. The average Bonchev–Trinajstić information content (AvgIpc) is 3.15. The minimum Gasteiger partial charge on any atom is -0.366 e. The number of sulfonamides is 1. The van der Waals surface area contributed by atoms with E-state index in [1.165, 1.54) is 35.6 Å². The van der Waals surface area contributed by atoms with Gasteiger partial charge in [-0.1, -0.05) is 35.9 Å². The number of nitrogens with one attached hydrogen (secondary N) is 1. The van der Waals surface area contributed by atoms with E-state index in [0.29, 0.717) is 0 Å². The highest BCUT2D eigenvalue weighted by molar-refractivity contribution is 7.89. The van der Waals surface area contributed by atoms with Gasteiger partial charge in [0.1, 0.15) is 0 Å². The molecule has 0 saturated heterocycles. The van der Waals surface area contributed by atoms with Crippen LogP contribution in [0, 0.1) is 6.92 Å². The molecule has 1 aromatic heterocycles. The molecule has 1 heterocycles. The van der Waals surface area contributed by atoms with Gasteiger partial charge >= 0.3 is 0 Å². The van der Waals surface area contributed by atoms with Crippen LogP contribution in [0.2, 0.25) is 0 Å². The van der Waals surface area contributed by atoms with Crippen molar-refractivity contribution in [3.05, 3.63) is 87.6 Å². The van der Waals surface area contributed by atoms with E-state index in [1.54, 1.807) is 0 Å². The lowest BCUT2D eigenvalue weighted by molar-refractivity contribution is 0.1000. The third kappa shape index (κ3) is 4.01. The number of amides is 1. The third-order valence-electron chi connectivity index (χ3n) is 3.96. The van der Waals surface area contributed by atoms with Gasteiger partial charge in [0.25, 0.3) is 0 Å². The van der Waals surface area contributed by atoms with E-state index in [0.717, 1.165) is 16.0 Å². The first-order valence-corrected chi connectivity index (χ1v) is 10.3. The summed E-state index contributed by atoms with van der Waals surface area (Å²) in [7, 11) is -3.78. The molecule has 134 valence electrons. The molecular weight excluding hydrogens is 368 g/mol. The molecule has 5 nitrogen and oxygen atoms in total. The van der Waals surface area contributed by atoms with Crippen molar-refractivity contribution in [3.8, 4) is 0 Å². The number of hydrogen-bond donors (Lipinski definition) is 2. The van der Waals surface area contributed by atoms with Crippen molar-refractivity contribution in [1.29, 1.82) is 0 Å². The molecule has 0 radical (unpaired) electrons. The molecule has 3 N–H and O–H groups in total. The molecule has 0 aliphatic heterocycles. The summed E-state index contributed by atoms with van der Waals surface area (Å²) < 4.78 is 28.4. The number of thiophene rings is 1. The number of aryl methyl sites for hydroxylation is 1. The van der Waals surface area contributed by atoms with E-state index in [1.807, 2.05) is 48.7 Å². The fourth-order valence-corrected chi connectivity index (χ4v) is 4.61. The summed E-state index contributed by atoms with van der Waals surface area (Å²) in [5, 5.41) is 1.91. The zero-order valence-electron chi connectivity index (χ0n) is 14.0. The minimum atomic E-state index is -3.78. The molecule has 1 amide bonds. The second-order valence-corrected chi connectivity index (χ2v) is 8.56. The Morgan fingerprint density at radius 1 is 1.04 bits per heavy atom. The number of nitrogens with two attached hydrogens (primary N) is 1. The smallest absolute Gasteiger partial charge is 0.248 e. The maximum absolute atomic E-state index is 12.8. The van der Waals surface area contributed by atoms with Crippen molar-refractivity contribution in [1.82, 2.24) is 4.72 Å². The molecule has 7 heteroatoms. The monoisotopic (exact) mass is 386 g/mol. The lowest BCUT2D eigenvalue weighted by atomic mass is 10.0. The minimum absolute atomic E-state index is 0.0798. The molecule has 0 spiro atoms. The van der Waals surface area contributed by atoms with Gasteiger partial charge in [0.05, 0.1) is 10.9 Å². The fraction of sp³-hybridized carbons (Fsp3) is 0.105.